The van der Waals surface area contributed by atoms with Gasteiger partial charge in [-0.2, -0.15) is 0 Å². The normalized spacial score (nSPS) is 21.9. The molecule has 1 saturated heterocycles. The fourth-order valence-electron chi connectivity index (χ4n) is 3.07. The summed E-state index contributed by atoms with van der Waals surface area (Å²) >= 11 is 0. The van der Waals surface area contributed by atoms with E-state index in [1.54, 1.807) is 0 Å². The molecule has 0 amide bonds. The van der Waals surface area contributed by atoms with Crippen LogP contribution in [0.4, 0.5) is 0 Å². The highest BCUT2D eigenvalue weighted by molar-refractivity contribution is 5.24. The van der Waals surface area contributed by atoms with E-state index in [0.29, 0.717) is 6.04 Å². The van der Waals surface area contributed by atoms with Crippen LogP contribution in [0.25, 0.3) is 0 Å². The number of nitrogens with one attached hydrogen (secondary N) is 1. The van der Waals surface area contributed by atoms with E-state index in [1.807, 2.05) is 0 Å². The quantitative estimate of drug-likeness (QED) is 0.846. The van der Waals surface area contributed by atoms with Gasteiger partial charge in [0.1, 0.15) is 0 Å². The highest BCUT2D eigenvalue weighted by Crippen LogP contribution is 2.21. The Morgan fingerprint density at radius 2 is 2.00 bits per heavy atom. The first-order valence-corrected chi connectivity index (χ1v) is 8.24. The number of rotatable bonds is 6. The Hall–Kier alpha value is -0.860. The van der Waals surface area contributed by atoms with E-state index in [0.717, 1.165) is 19.1 Å². The van der Waals surface area contributed by atoms with Gasteiger partial charge in [-0.25, -0.2) is 0 Å². The summed E-state index contributed by atoms with van der Waals surface area (Å²) in [6.45, 7) is 10.3. The van der Waals surface area contributed by atoms with Crippen molar-refractivity contribution in [1.29, 1.82) is 0 Å². The van der Waals surface area contributed by atoms with E-state index < -0.39 is 0 Å². The van der Waals surface area contributed by atoms with Crippen molar-refractivity contribution in [3.05, 3.63) is 35.4 Å². The zero-order chi connectivity index (χ0) is 14.4. The number of hydrogen-bond donors (Lipinski definition) is 1. The molecule has 2 nitrogen and oxygen atoms in total. The molecule has 0 aromatic heterocycles. The van der Waals surface area contributed by atoms with E-state index in [9.17, 15) is 0 Å². The lowest BCUT2D eigenvalue weighted by Gasteiger charge is -2.36. The lowest BCUT2D eigenvalue weighted by atomic mass is 10.00. The molecule has 1 aromatic carbocycles. The third-order valence-corrected chi connectivity index (χ3v) is 4.48. The Morgan fingerprint density at radius 3 is 2.65 bits per heavy atom. The second kappa shape index (κ2) is 7.80. The maximum atomic E-state index is 3.73. The van der Waals surface area contributed by atoms with Crippen LogP contribution < -0.4 is 5.32 Å². The molecule has 2 atom stereocenters. The molecule has 1 aliphatic heterocycles. The fraction of sp³-hybridized carbons (Fsp3) is 0.667. The molecule has 0 spiro atoms. The zero-order valence-electron chi connectivity index (χ0n) is 13.4. The molecule has 0 aliphatic carbocycles. The third kappa shape index (κ3) is 4.32. The van der Waals surface area contributed by atoms with Crippen molar-refractivity contribution >= 4 is 0 Å². The molecule has 0 radical (unpaired) electrons. The van der Waals surface area contributed by atoms with Crippen molar-refractivity contribution in [2.45, 2.75) is 58.5 Å². The van der Waals surface area contributed by atoms with Crippen LogP contribution in [0.5, 0.6) is 0 Å². The van der Waals surface area contributed by atoms with E-state index in [-0.39, 0.29) is 0 Å². The molecule has 0 bridgehead atoms. The largest absolute Gasteiger partial charge is 0.309 e. The number of benzene rings is 1. The van der Waals surface area contributed by atoms with Gasteiger partial charge >= 0.3 is 0 Å². The molecular formula is C18H30N2. The Labute approximate surface area is 124 Å². The molecule has 112 valence electrons. The van der Waals surface area contributed by atoms with Gasteiger partial charge in [0.25, 0.3) is 0 Å². The van der Waals surface area contributed by atoms with Crippen LogP contribution in [-0.4, -0.2) is 30.6 Å². The summed E-state index contributed by atoms with van der Waals surface area (Å²) in [4.78, 5) is 2.66. The second-order valence-corrected chi connectivity index (χ2v) is 6.26. The molecule has 2 rings (SSSR count). The average Bonchev–Trinajstić information content (AvgIpc) is 2.46. The van der Waals surface area contributed by atoms with Crippen LogP contribution in [0.2, 0.25) is 0 Å². The Kier molecular flexibility index (Phi) is 6.06. The first-order chi connectivity index (χ1) is 9.70. The summed E-state index contributed by atoms with van der Waals surface area (Å²) in [5, 5.41) is 3.73. The van der Waals surface area contributed by atoms with Gasteiger partial charge in [-0.1, -0.05) is 43.2 Å². The smallest absolute Gasteiger partial charge is 0.0449 e. The minimum Gasteiger partial charge on any atom is -0.309 e. The van der Waals surface area contributed by atoms with Crippen LogP contribution in [0.3, 0.4) is 0 Å². The van der Waals surface area contributed by atoms with E-state index in [1.165, 1.54) is 43.4 Å². The van der Waals surface area contributed by atoms with Crippen LogP contribution in [0, 0.1) is 6.92 Å². The molecule has 1 aliphatic rings. The first-order valence-electron chi connectivity index (χ1n) is 8.24. The van der Waals surface area contributed by atoms with Crippen LogP contribution in [-0.2, 0) is 0 Å². The topological polar surface area (TPSA) is 15.3 Å². The Balaban J connectivity index is 2.04. The molecule has 1 fully saturated rings. The zero-order valence-corrected chi connectivity index (χ0v) is 13.4. The van der Waals surface area contributed by atoms with Crippen molar-refractivity contribution in [2.24, 2.45) is 0 Å². The van der Waals surface area contributed by atoms with Crippen LogP contribution >= 0.6 is 0 Å². The SMILES string of the molecule is CCCNC(CN1CCCCC1C)c1ccc(C)cc1. The first kappa shape index (κ1) is 15.5. The molecule has 2 unspecified atom stereocenters. The molecule has 20 heavy (non-hydrogen) atoms. The summed E-state index contributed by atoms with van der Waals surface area (Å²) in [5.74, 6) is 0. The van der Waals surface area contributed by atoms with Crippen LogP contribution in [0.1, 0.15) is 56.7 Å². The molecular weight excluding hydrogens is 244 g/mol. The van der Waals surface area contributed by atoms with Gasteiger partial charge in [0.05, 0.1) is 0 Å². The molecule has 2 heteroatoms. The highest BCUT2D eigenvalue weighted by atomic mass is 15.2. The number of likely N-dealkylation sites (tertiary alicyclic amines) is 1. The van der Waals surface area contributed by atoms with Gasteiger partial charge in [0.2, 0.25) is 0 Å². The van der Waals surface area contributed by atoms with Gasteiger partial charge in [0.15, 0.2) is 0 Å². The van der Waals surface area contributed by atoms with Crippen molar-refractivity contribution < 1.29 is 0 Å². The summed E-state index contributed by atoms with van der Waals surface area (Å²) in [6, 6.07) is 10.2. The van der Waals surface area contributed by atoms with Crippen molar-refractivity contribution in [2.75, 3.05) is 19.6 Å². The monoisotopic (exact) mass is 274 g/mol. The predicted molar refractivity (Wildman–Crippen MR) is 87.1 cm³/mol. The lowest BCUT2D eigenvalue weighted by molar-refractivity contribution is 0.144. The number of piperidine rings is 1. The fourth-order valence-corrected chi connectivity index (χ4v) is 3.07. The maximum absolute atomic E-state index is 3.73. The maximum Gasteiger partial charge on any atom is 0.0449 e. The molecule has 0 saturated carbocycles. The standard InChI is InChI=1S/C18H30N2/c1-4-12-19-18(17-10-8-15(2)9-11-17)14-20-13-6-5-7-16(20)3/h8-11,16,18-19H,4-7,12-14H2,1-3H3. The summed E-state index contributed by atoms with van der Waals surface area (Å²) in [6.07, 6.45) is 5.31. The average molecular weight is 274 g/mol. The van der Waals surface area contributed by atoms with E-state index in [4.69, 9.17) is 0 Å². The second-order valence-electron chi connectivity index (χ2n) is 6.26. The number of aryl methyl sites for hydroxylation is 1. The molecule has 1 N–H and O–H groups in total. The van der Waals surface area contributed by atoms with Gasteiger partial charge < -0.3 is 5.32 Å². The van der Waals surface area contributed by atoms with Crippen LogP contribution in [0.15, 0.2) is 24.3 Å². The highest BCUT2D eigenvalue weighted by Gasteiger charge is 2.22. The van der Waals surface area contributed by atoms with Crippen molar-refractivity contribution in [3.63, 3.8) is 0 Å². The lowest BCUT2D eigenvalue weighted by Crippen LogP contribution is -2.43. The van der Waals surface area contributed by atoms with Gasteiger partial charge in [0, 0.05) is 18.6 Å². The third-order valence-electron chi connectivity index (χ3n) is 4.48. The minimum atomic E-state index is 0.469. The molecule has 1 heterocycles. The van der Waals surface area contributed by atoms with Gasteiger partial charge in [-0.15, -0.1) is 0 Å². The van der Waals surface area contributed by atoms with E-state index in [2.05, 4.69) is 55.3 Å². The predicted octanol–water partition coefficient (Wildman–Crippen LogP) is 3.91. The van der Waals surface area contributed by atoms with Gasteiger partial charge in [-0.05, 0) is 51.8 Å². The summed E-state index contributed by atoms with van der Waals surface area (Å²) in [5.41, 5.74) is 2.77. The van der Waals surface area contributed by atoms with E-state index >= 15 is 0 Å². The van der Waals surface area contributed by atoms with Crippen molar-refractivity contribution in [3.8, 4) is 0 Å². The van der Waals surface area contributed by atoms with Gasteiger partial charge in [-0.3, -0.25) is 4.90 Å². The Bertz CT molecular complexity index is 385. The number of hydrogen-bond acceptors (Lipinski definition) is 2. The summed E-state index contributed by atoms with van der Waals surface area (Å²) < 4.78 is 0. The van der Waals surface area contributed by atoms with Crippen molar-refractivity contribution in [1.82, 2.24) is 10.2 Å². The molecule has 1 aromatic rings. The number of nitrogens with zero attached hydrogens (tertiary/aromatic N) is 1. The minimum absolute atomic E-state index is 0.469. The Morgan fingerprint density at radius 1 is 1.25 bits per heavy atom. The summed E-state index contributed by atoms with van der Waals surface area (Å²) in [7, 11) is 0.